The van der Waals surface area contributed by atoms with Gasteiger partial charge >= 0.3 is 0 Å². The highest BCUT2D eigenvalue weighted by Gasteiger charge is 2.29. The van der Waals surface area contributed by atoms with Gasteiger partial charge in [0.05, 0.1) is 22.9 Å². The highest BCUT2D eigenvalue weighted by atomic mass is 32.2. The number of anilines is 2. The fraction of sp³-hybridized carbons (Fsp3) is 0.727. The van der Waals surface area contributed by atoms with E-state index in [1.165, 1.54) is 0 Å². The number of aryl methyl sites for hydroxylation is 1. The standard InChI is InChI=1S/C11H20N4O2S/c1-7(2)15-11(10(12)8(3)14-15)13-9-4-5-18(16,17)6-9/h7,9,13H,4-6,12H2,1-3H3. The summed E-state index contributed by atoms with van der Waals surface area (Å²) in [6.45, 7) is 5.88. The summed E-state index contributed by atoms with van der Waals surface area (Å²) in [5.41, 5.74) is 7.37. The number of sulfone groups is 1. The molecule has 0 saturated carbocycles. The van der Waals surface area contributed by atoms with E-state index < -0.39 is 9.84 Å². The zero-order valence-electron chi connectivity index (χ0n) is 11.0. The zero-order chi connectivity index (χ0) is 13.5. The van der Waals surface area contributed by atoms with Crippen molar-refractivity contribution in [3.63, 3.8) is 0 Å². The first kappa shape index (κ1) is 13.2. The molecule has 1 aliphatic heterocycles. The van der Waals surface area contributed by atoms with Crippen molar-refractivity contribution in [2.45, 2.75) is 39.3 Å². The highest BCUT2D eigenvalue weighted by molar-refractivity contribution is 7.91. The second-order valence-electron chi connectivity index (χ2n) is 5.13. The molecule has 1 atom stereocenters. The van der Waals surface area contributed by atoms with E-state index >= 15 is 0 Å². The number of rotatable bonds is 3. The zero-order valence-corrected chi connectivity index (χ0v) is 11.8. The Kier molecular flexibility index (Phi) is 3.27. The van der Waals surface area contributed by atoms with Gasteiger partial charge in [0.1, 0.15) is 5.82 Å². The maximum atomic E-state index is 11.4. The molecule has 2 rings (SSSR count). The van der Waals surface area contributed by atoms with Crippen LogP contribution in [0.25, 0.3) is 0 Å². The number of nitrogens with zero attached hydrogens (tertiary/aromatic N) is 2. The lowest BCUT2D eigenvalue weighted by Gasteiger charge is -2.17. The van der Waals surface area contributed by atoms with Crippen LogP contribution in [0.2, 0.25) is 0 Å². The van der Waals surface area contributed by atoms with Crippen LogP contribution < -0.4 is 11.1 Å². The van der Waals surface area contributed by atoms with E-state index in [2.05, 4.69) is 10.4 Å². The Labute approximate surface area is 107 Å². The van der Waals surface area contributed by atoms with Crippen molar-refractivity contribution < 1.29 is 8.42 Å². The molecule has 1 aromatic rings. The van der Waals surface area contributed by atoms with Crippen LogP contribution in [0, 0.1) is 6.92 Å². The van der Waals surface area contributed by atoms with Gasteiger partial charge in [0.2, 0.25) is 0 Å². The molecule has 0 bridgehead atoms. The Bertz CT molecular complexity index is 548. The minimum Gasteiger partial charge on any atom is -0.394 e. The number of nitrogen functional groups attached to an aromatic ring is 1. The first-order valence-electron chi connectivity index (χ1n) is 6.11. The largest absolute Gasteiger partial charge is 0.394 e. The topological polar surface area (TPSA) is 90.0 Å². The Balaban J connectivity index is 2.24. The molecule has 1 fully saturated rings. The number of aromatic nitrogens is 2. The third kappa shape index (κ3) is 2.45. The van der Waals surface area contributed by atoms with E-state index in [9.17, 15) is 8.42 Å². The molecule has 18 heavy (non-hydrogen) atoms. The van der Waals surface area contributed by atoms with Gasteiger partial charge in [-0.25, -0.2) is 13.1 Å². The van der Waals surface area contributed by atoms with Gasteiger partial charge in [0.15, 0.2) is 9.84 Å². The molecule has 0 aliphatic carbocycles. The second-order valence-corrected chi connectivity index (χ2v) is 7.36. The molecule has 1 unspecified atom stereocenters. The van der Waals surface area contributed by atoms with Crippen LogP contribution in [0.5, 0.6) is 0 Å². The van der Waals surface area contributed by atoms with Gasteiger partial charge < -0.3 is 11.1 Å². The Morgan fingerprint density at radius 1 is 1.50 bits per heavy atom. The molecule has 0 amide bonds. The predicted molar refractivity (Wildman–Crippen MR) is 72.4 cm³/mol. The van der Waals surface area contributed by atoms with Crippen molar-refractivity contribution in [2.24, 2.45) is 0 Å². The summed E-state index contributed by atoms with van der Waals surface area (Å²) in [5.74, 6) is 1.17. The molecule has 3 N–H and O–H groups in total. The average molecular weight is 272 g/mol. The molecule has 1 aliphatic rings. The Morgan fingerprint density at radius 3 is 2.67 bits per heavy atom. The summed E-state index contributed by atoms with van der Waals surface area (Å²) in [5, 5.41) is 7.60. The molecule has 1 saturated heterocycles. The molecule has 0 spiro atoms. The van der Waals surface area contributed by atoms with Crippen molar-refractivity contribution in [1.82, 2.24) is 9.78 Å². The number of nitrogens with two attached hydrogens (primary N) is 1. The van der Waals surface area contributed by atoms with Crippen LogP contribution in [-0.4, -0.2) is 35.7 Å². The number of hydrogen-bond donors (Lipinski definition) is 2. The fourth-order valence-corrected chi connectivity index (χ4v) is 3.85. The summed E-state index contributed by atoms with van der Waals surface area (Å²) < 4.78 is 24.7. The minimum atomic E-state index is -2.89. The maximum Gasteiger partial charge on any atom is 0.152 e. The number of hydrogen-bond acceptors (Lipinski definition) is 5. The molecule has 0 radical (unpaired) electrons. The van der Waals surface area contributed by atoms with E-state index in [1.54, 1.807) is 0 Å². The fourth-order valence-electron chi connectivity index (χ4n) is 2.18. The van der Waals surface area contributed by atoms with Crippen LogP contribution in [0.15, 0.2) is 0 Å². The summed E-state index contributed by atoms with van der Waals surface area (Å²) in [6.07, 6.45) is 0.629. The van der Waals surface area contributed by atoms with Crippen molar-refractivity contribution >= 4 is 21.3 Å². The lowest BCUT2D eigenvalue weighted by atomic mass is 10.2. The van der Waals surface area contributed by atoms with Crippen molar-refractivity contribution in [3.05, 3.63) is 5.69 Å². The van der Waals surface area contributed by atoms with Gasteiger partial charge in [-0.2, -0.15) is 5.10 Å². The third-order valence-electron chi connectivity index (χ3n) is 3.19. The van der Waals surface area contributed by atoms with Crippen molar-refractivity contribution in [1.29, 1.82) is 0 Å². The van der Waals surface area contributed by atoms with Gasteiger partial charge in [-0.3, -0.25) is 0 Å². The van der Waals surface area contributed by atoms with Crippen LogP contribution in [0.1, 0.15) is 32.0 Å². The van der Waals surface area contributed by atoms with E-state index in [0.717, 1.165) is 11.5 Å². The van der Waals surface area contributed by atoms with Gasteiger partial charge in [-0.15, -0.1) is 0 Å². The quantitative estimate of drug-likeness (QED) is 0.855. The third-order valence-corrected chi connectivity index (χ3v) is 4.96. The maximum absolute atomic E-state index is 11.4. The SMILES string of the molecule is Cc1nn(C(C)C)c(NC2CCS(=O)(=O)C2)c1N. The van der Waals surface area contributed by atoms with Crippen molar-refractivity contribution in [3.8, 4) is 0 Å². The van der Waals surface area contributed by atoms with E-state index in [4.69, 9.17) is 5.73 Å². The highest BCUT2D eigenvalue weighted by Crippen LogP contribution is 2.28. The van der Waals surface area contributed by atoms with Gasteiger partial charge in [-0.1, -0.05) is 0 Å². The lowest BCUT2D eigenvalue weighted by Crippen LogP contribution is -2.23. The summed E-state index contributed by atoms with van der Waals surface area (Å²) in [6, 6.07) is 0.118. The van der Waals surface area contributed by atoms with Gasteiger partial charge in [0.25, 0.3) is 0 Å². The summed E-state index contributed by atoms with van der Waals surface area (Å²) in [7, 11) is -2.89. The summed E-state index contributed by atoms with van der Waals surface area (Å²) in [4.78, 5) is 0. The van der Waals surface area contributed by atoms with Crippen LogP contribution in [-0.2, 0) is 9.84 Å². The molecular formula is C11H20N4O2S. The minimum absolute atomic E-state index is 0.0640. The molecule has 1 aromatic heterocycles. The van der Waals surface area contributed by atoms with Crippen LogP contribution in [0.3, 0.4) is 0 Å². The van der Waals surface area contributed by atoms with Gasteiger partial charge in [0, 0.05) is 12.1 Å². The normalized spacial score (nSPS) is 22.6. The van der Waals surface area contributed by atoms with Crippen molar-refractivity contribution in [2.75, 3.05) is 22.6 Å². The average Bonchev–Trinajstić information content (AvgIpc) is 2.73. The van der Waals surface area contributed by atoms with E-state index in [0.29, 0.717) is 12.1 Å². The second kappa shape index (κ2) is 4.46. The predicted octanol–water partition coefficient (Wildman–Crippen LogP) is 0.954. The molecular weight excluding hydrogens is 252 g/mol. The number of nitrogens with one attached hydrogen (secondary N) is 1. The summed E-state index contributed by atoms with van der Waals surface area (Å²) >= 11 is 0. The molecule has 7 heteroatoms. The molecule has 0 aromatic carbocycles. The first-order chi connectivity index (χ1) is 8.30. The van der Waals surface area contributed by atoms with Gasteiger partial charge in [-0.05, 0) is 27.2 Å². The monoisotopic (exact) mass is 272 g/mol. The van der Waals surface area contributed by atoms with Crippen LogP contribution >= 0.6 is 0 Å². The molecule has 6 nitrogen and oxygen atoms in total. The smallest absolute Gasteiger partial charge is 0.152 e. The Morgan fingerprint density at radius 2 is 2.17 bits per heavy atom. The van der Waals surface area contributed by atoms with Crippen LogP contribution in [0.4, 0.5) is 11.5 Å². The molecule has 102 valence electrons. The van der Waals surface area contributed by atoms with E-state index in [1.807, 2.05) is 25.5 Å². The molecule has 2 heterocycles. The first-order valence-corrected chi connectivity index (χ1v) is 7.94. The van der Waals surface area contributed by atoms with E-state index in [-0.39, 0.29) is 23.6 Å². The Hall–Kier alpha value is -1.24. The lowest BCUT2D eigenvalue weighted by molar-refractivity contribution is 0.531.